The molecule has 0 aliphatic rings. The minimum Gasteiger partial charge on any atom is -0.784 e. The summed E-state index contributed by atoms with van der Waals surface area (Å²) in [7, 11) is 0. The zero-order valence-electron chi connectivity index (χ0n) is 2.93. The second kappa shape index (κ2) is 9.94. The molecule has 0 saturated heterocycles. The normalized spacial score (nSPS) is 5.83. The topological polar surface area (TPSA) is 63.2 Å². The van der Waals surface area contributed by atoms with Gasteiger partial charge in [0.05, 0.1) is 0 Å². The van der Waals surface area contributed by atoms with Crippen LogP contribution in [0.4, 0.5) is 0 Å². The van der Waals surface area contributed by atoms with Crippen molar-refractivity contribution in [2.45, 2.75) is 0 Å². The summed E-state index contributed by atoms with van der Waals surface area (Å²) in [6.07, 6.45) is 0. The first kappa shape index (κ1) is 15.7. The second-order valence-corrected chi connectivity index (χ2v) is 0.612. The van der Waals surface area contributed by atoms with Crippen LogP contribution in [0.15, 0.2) is 0 Å². The summed E-state index contributed by atoms with van der Waals surface area (Å²) in [4.78, 5) is 0. The molecule has 36 valence electrons. The molecule has 0 N–H and O–H groups in total. The molecule has 0 spiro atoms. The monoisotopic (exact) mass is 300 g/mol. The van der Waals surface area contributed by atoms with Crippen molar-refractivity contribution in [3.63, 3.8) is 0 Å². The van der Waals surface area contributed by atoms with Gasteiger partial charge in [-0.2, -0.15) is 0 Å². The molecule has 6 heavy (non-hydrogen) atoms. The Morgan fingerprint density at radius 3 is 1.33 bits per heavy atom. The molecule has 6 heteroatoms. The first-order valence-corrected chi connectivity index (χ1v) is 1.50. The van der Waals surface area contributed by atoms with Crippen LogP contribution in [0.5, 0.6) is 0 Å². The fourth-order valence-electron chi connectivity index (χ4n) is 0. The summed E-state index contributed by atoms with van der Waals surface area (Å²) in [5.74, 6) is 0. The Kier molecular flexibility index (Phi) is 25.9. The molecular formula is AuNaO3S. The average Bonchev–Trinajstić information content (AvgIpc) is 0.811. The third-order valence-corrected chi connectivity index (χ3v) is 0. The van der Waals surface area contributed by atoms with E-state index >= 15 is 0 Å². The summed E-state index contributed by atoms with van der Waals surface area (Å²) in [5.41, 5.74) is 0. The van der Waals surface area contributed by atoms with Gasteiger partial charge in [0.15, 0.2) is 0 Å². The van der Waals surface area contributed by atoms with Crippen LogP contribution in [0.2, 0.25) is 0 Å². The van der Waals surface area contributed by atoms with Crippen molar-refractivity contribution in [1.29, 1.82) is 0 Å². The van der Waals surface area contributed by atoms with Gasteiger partial charge in [-0.05, 0) is 0 Å². The van der Waals surface area contributed by atoms with E-state index in [1.54, 1.807) is 0 Å². The summed E-state index contributed by atoms with van der Waals surface area (Å²) >= 11 is -3.11. The Bertz CT molecular complexity index is 33.8. The van der Waals surface area contributed by atoms with E-state index in [0.29, 0.717) is 0 Å². The minimum atomic E-state index is -3.11. The average molecular weight is 300 g/mol. The van der Waals surface area contributed by atoms with Gasteiger partial charge in [-0.25, -0.2) is 0 Å². The molecule has 0 radical (unpaired) electrons. The van der Waals surface area contributed by atoms with Crippen molar-refractivity contribution in [2.75, 3.05) is 0 Å². The molecule has 0 rings (SSSR count). The Hall–Kier alpha value is 1.81. The van der Waals surface area contributed by atoms with Crippen LogP contribution in [0, 0.1) is 0 Å². The largest absolute Gasteiger partial charge is 1.00 e. The quantitative estimate of drug-likeness (QED) is 0.338. The van der Waals surface area contributed by atoms with Crippen molar-refractivity contribution in [2.24, 2.45) is 0 Å². The van der Waals surface area contributed by atoms with E-state index in [1.807, 2.05) is 0 Å². The van der Waals surface area contributed by atoms with Gasteiger partial charge in [-0.15, -0.1) is 11.4 Å². The molecule has 0 aromatic rings. The van der Waals surface area contributed by atoms with Crippen LogP contribution in [0.1, 0.15) is 0 Å². The first-order chi connectivity index (χ1) is 1.73. The van der Waals surface area contributed by atoms with Crippen LogP contribution in [0.25, 0.3) is 0 Å². The predicted octanol–water partition coefficient (Wildman–Crippen LogP) is -4.00. The molecule has 0 heterocycles. The smallest absolute Gasteiger partial charge is 0.784 e. The van der Waals surface area contributed by atoms with Crippen molar-refractivity contribution in [1.82, 2.24) is 0 Å². The first-order valence-electron chi connectivity index (χ1n) is 0.500. The summed E-state index contributed by atoms with van der Waals surface area (Å²) in [5, 5.41) is 0. The molecule has 0 aromatic heterocycles. The molecule has 0 bridgehead atoms. The SMILES string of the molecule is O=S([O-])[O-].[Au+].[Na+]. The van der Waals surface area contributed by atoms with E-state index in [1.165, 1.54) is 0 Å². The van der Waals surface area contributed by atoms with Gasteiger partial charge in [0, 0.05) is 0 Å². The van der Waals surface area contributed by atoms with E-state index in [0.717, 1.165) is 0 Å². The van der Waals surface area contributed by atoms with Gasteiger partial charge in [0.1, 0.15) is 0 Å². The van der Waals surface area contributed by atoms with E-state index in [2.05, 4.69) is 0 Å². The van der Waals surface area contributed by atoms with Crippen LogP contribution in [-0.4, -0.2) is 13.3 Å². The molecule has 0 aromatic carbocycles. The molecule has 3 nitrogen and oxygen atoms in total. The summed E-state index contributed by atoms with van der Waals surface area (Å²) in [6.45, 7) is 0. The molecule has 0 unspecified atom stereocenters. The standard InChI is InChI=1S/Au.Na.H2O3S/c;;1-4(2)3/h;;(H2,1,2,3)/q2*+1;/p-2. The molecule has 0 atom stereocenters. The number of hydrogen-bond acceptors (Lipinski definition) is 3. The number of rotatable bonds is 0. The zero-order valence-corrected chi connectivity index (χ0v) is 7.92. The summed E-state index contributed by atoms with van der Waals surface area (Å²) in [6, 6.07) is 0. The fraction of sp³-hybridized carbons (Fsp3) is 0. The zero-order chi connectivity index (χ0) is 3.58. The maximum Gasteiger partial charge on any atom is 1.00 e. The van der Waals surface area contributed by atoms with E-state index in [-0.39, 0.29) is 51.9 Å². The van der Waals surface area contributed by atoms with Crippen molar-refractivity contribution in [3.8, 4) is 0 Å². The Balaban J connectivity index is -0.0000000450. The molecular weight excluding hydrogens is 300 g/mol. The predicted molar refractivity (Wildman–Crippen MR) is 9.70 cm³/mol. The van der Waals surface area contributed by atoms with Crippen LogP contribution in [-0.2, 0) is 33.7 Å². The van der Waals surface area contributed by atoms with Crippen molar-refractivity contribution < 1.29 is 65.3 Å². The molecule has 0 saturated carbocycles. The maximum absolute atomic E-state index is 8.44. The number of hydrogen-bond donors (Lipinski definition) is 0. The summed E-state index contributed by atoms with van der Waals surface area (Å²) < 4.78 is 25.3. The van der Waals surface area contributed by atoms with E-state index in [9.17, 15) is 0 Å². The Morgan fingerprint density at radius 2 is 1.33 bits per heavy atom. The third-order valence-electron chi connectivity index (χ3n) is 0. The molecule has 0 fully saturated rings. The van der Waals surface area contributed by atoms with Gasteiger partial charge >= 0.3 is 51.9 Å². The Morgan fingerprint density at radius 1 is 1.33 bits per heavy atom. The van der Waals surface area contributed by atoms with Crippen molar-refractivity contribution >= 4 is 11.4 Å². The van der Waals surface area contributed by atoms with Gasteiger partial charge < -0.3 is 9.11 Å². The van der Waals surface area contributed by atoms with Crippen LogP contribution >= 0.6 is 0 Å². The molecule has 0 aliphatic heterocycles. The van der Waals surface area contributed by atoms with Gasteiger partial charge in [0.2, 0.25) is 0 Å². The minimum absolute atomic E-state index is 0. The van der Waals surface area contributed by atoms with Gasteiger partial charge in [-0.3, -0.25) is 4.21 Å². The van der Waals surface area contributed by atoms with E-state index in [4.69, 9.17) is 13.3 Å². The van der Waals surface area contributed by atoms with Crippen LogP contribution < -0.4 is 29.6 Å². The van der Waals surface area contributed by atoms with Gasteiger partial charge in [0.25, 0.3) is 0 Å². The fourth-order valence-corrected chi connectivity index (χ4v) is 0. The Labute approximate surface area is 75.8 Å². The maximum atomic E-state index is 8.44. The molecule has 0 aliphatic carbocycles. The molecule has 0 amide bonds. The van der Waals surface area contributed by atoms with E-state index < -0.39 is 11.4 Å². The van der Waals surface area contributed by atoms with Crippen molar-refractivity contribution in [3.05, 3.63) is 0 Å². The van der Waals surface area contributed by atoms with Crippen LogP contribution in [0.3, 0.4) is 0 Å². The van der Waals surface area contributed by atoms with Gasteiger partial charge in [-0.1, -0.05) is 0 Å². The second-order valence-electron chi connectivity index (χ2n) is 0.204. The third kappa shape index (κ3) is 41.0.